The van der Waals surface area contributed by atoms with Gasteiger partial charge in [0, 0.05) is 6.07 Å². The van der Waals surface area contributed by atoms with Crippen molar-refractivity contribution in [1.29, 1.82) is 0 Å². The van der Waals surface area contributed by atoms with Crippen molar-refractivity contribution in [2.75, 3.05) is 27.3 Å². The van der Waals surface area contributed by atoms with Crippen LogP contribution in [-0.4, -0.2) is 41.6 Å². The molecule has 0 spiro atoms. The van der Waals surface area contributed by atoms with Crippen LogP contribution in [0.4, 0.5) is 8.78 Å². The molecule has 0 atom stereocenters. The first-order chi connectivity index (χ1) is 9.25. The predicted molar refractivity (Wildman–Crippen MR) is 68.7 cm³/mol. The summed E-state index contributed by atoms with van der Waals surface area (Å²) >= 11 is 0. The molecule has 9 heteroatoms. The van der Waals surface area contributed by atoms with E-state index in [0.717, 1.165) is 0 Å². The fourth-order valence-electron chi connectivity index (χ4n) is 1.34. The average molecular weight is 310 g/mol. The third-order valence-corrected chi connectivity index (χ3v) is 3.90. The van der Waals surface area contributed by atoms with Crippen LogP contribution in [0.1, 0.15) is 0 Å². The average Bonchev–Trinajstić information content (AvgIpc) is 2.44. The number of hydrogen-bond acceptors (Lipinski definition) is 5. The molecule has 1 aromatic carbocycles. The fraction of sp³-hybridized carbons (Fsp3) is 0.455. The Balaban J connectivity index is 3.08. The van der Waals surface area contributed by atoms with Gasteiger partial charge < -0.3 is 15.2 Å². The van der Waals surface area contributed by atoms with E-state index in [1.807, 2.05) is 0 Å². The summed E-state index contributed by atoms with van der Waals surface area (Å²) in [6, 6.07) is 4.04. The lowest BCUT2D eigenvalue weighted by molar-refractivity contribution is 0.0170. The van der Waals surface area contributed by atoms with Crippen molar-refractivity contribution in [2.24, 2.45) is 5.73 Å². The molecule has 0 unspecified atom stereocenters. The predicted octanol–water partition coefficient (Wildman–Crippen LogP) is 0.576. The van der Waals surface area contributed by atoms with Gasteiger partial charge in [-0.2, -0.15) is 0 Å². The fourth-order valence-corrected chi connectivity index (χ4v) is 2.59. The van der Waals surface area contributed by atoms with Crippen LogP contribution in [0.2, 0.25) is 0 Å². The van der Waals surface area contributed by atoms with Crippen LogP contribution in [0.15, 0.2) is 23.1 Å². The Hall–Kier alpha value is -1.45. The molecule has 3 N–H and O–H groups in total. The smallest absolute Gasteiger partial charge is 0.273 e. The maximum absolute atomic E-state index is 13.0. The Kier molecular flexibility index (Phi) is 5.26. The SMILES string of the molecule is COc1ccc(OC)c(S(=O)(=O)NCC(F)(F)CN)c1. The molecule has 0 aromatic heterocycles. The number of alkyl halides is 2. The highest BCUT2D eigenvalue weighted by atomic mass is 32.2. The molecule has 0 saturated heterocycles. The molecule has 0 saturated carbocycles. The quantitative estimate of drug-likeness (QED) is 0.768. The minimum Gasteiger partial charge on any atom is -0.497 e. The molecule has 0 bridgehead atoms. The summed E-state index contributed by atoms with van der Waals surface area (Å²) in [5, 5.41) is 0. The summed E-state index contributed by atoms with van der Waals surface area (Å²) in [5.74, 6) is -3.04. The molecule has 0 aliphatic heterocycles. The summed E-state index contributed by atoms with van der Waals surface area (Å²) in [6.07, 6.45) is 0. The van der Waals surface area contributed by atoms with Crippen molar-refractivity contribution in [3.63, 3.8) is 0 Å². The van der Waals surface area contributed by atoms with E-state index in [1.54, 1.807) is 4.72 Å². The van der Waals surface area contributed by atoms with E-state index < -0.39 is 29.0 Å². The molecule has 6 nitrogen and oxygen atoms in total. The van der Waals surface area contributed by atoms with Gasteiger partial charge in [0.2, 0.25) is 10.0 Å². The van der Waals surface area contributed by atoms with Gasteiger partial charge in [-0.05, 0) is 12.1 Å². The zero-order chi connectivity index (χ0) is 15.4. The largest absolute Gasteiger partial charge is 0.497 e. The normalized spacial score (nSPS) is 12.2. The number of nitrogens with two attached hydrogens (primary N) is 1. The van der Waals surface area contributed by atoms with Crippen molar-refractivity contribution < 1.29 is 26.7 Å². The van der Waals surface area contributed by atoms with Crippen molar-refractivity contribution in [3.05, 3.63) is 18.2 Å². The highest BCUT2D eigenvalue weighted by Crippen LogP contribution is 2.28. The summed E-state index contributed by atoms with van der Waals surface area (Å²) in [6.45, 7) is -2.04. The Labute approximate surface area is 115 Å². The molecular weight excluding hydrogens is 294 g/mol. The van der Waals surface area contributed by atoms with Crippen LogP contribution in [0.3, 0.4) is 0 Å². The lowest BCUT2D eigenvalue weighted by Gasteiger charge is -2.16. The van der Waals surface area contributed by atoms with Crippen LogP contribution in [0, 0.1) is 0 Å². The van der Waals surface area contributed by atoms with Crippen LogP contribution in [0.25, 0.3) is 0 Å². The third kappa shape index (κ3) is 4.02. The molecule has 1 aromatic rings. The Bertz CT molecular complexity index is 564. The second-order valence-corrected chi connectivity index (χ2v) is 5.64. The molecule has 0 fully saturated rings. The van der Waals surface area contributed by atoms with Gasteiger partial charge in [-0.15, -0.1) is 0 Å². The maximum atomic E-state index is 13.0. The van der Waals surface area contributed by atoms with Gasteiger partial charge >= 0.3 is 0 Å². The van der Waals surface area contributed by atoms with Gasteiger partial charge in [-0.3, -0.25) is 0 Å². The van der Waals surface area contributed by atoms with E-state index in [0.29, 0.717) is 0 Å². The van der Waals surface area contributed by atoms with Crippen LogP contribution in [0.5, 0.6) is 11.5 Å². The van der Waals surface area contributed by atoms with E-state index in [4.69, 9.17) is 15.2 Å². The first-order valence-corrected chi connectivity index (χ1v) is 7.03. The number of rotatable bonds is 7. The second-order valence-electron chi connectivity index (χ2n) is 3.90. The molecule has 20 heavy (non-hydrogen) atoms. The summed E-state index contributed by atoms with van der Waals surface area (Å²) in [5.41, 5.74) is 4.85. The lowest BCUT2D eigenvalue weighted by Crippen LogP contribution is -2.41. The third-order valence-electron chi connectivity index (χ3n) is 2.48. The minimum atomic E-state index is -4.17. The number of methoxy groups -OCH3 is 2. The minimum absolute atomic E-state index is 0.0226. The molecule has 0 radical (unpaired) electrons. The molecule has 0 amide bonds. The van der Waals surface area contributed by atoms with E-state index >= 15 is 0 Å². The Morgan fingerprint density at radius 3 is 2.45 bits per heavy atom. The van der Waals surface area contributed by atoms with Crippen LogP contribution in [-0.2, 0) is 10.0 Å². The van der Waals surface area contributed by atoms with Gasteiger partial charge in [-0.1, -0.05) is 0 Å². The molecule has 1 rings (SSSR count). The van der Waals surface area contributed by atoms with Crippen molar-refractivity contribution in [3.8, 4) is 11.5 Å². The first-order valence-electron chi connectivity index (χ1n) is 5.55. The number of hydrogen-bond donors (Lipinski definition) is 2. The summed E-state index contributed by atoms with van der Waals surface area (Å²) < 4.78 is 61.7. The van der Waals surface area contributed by atoms with Gasteiger partial charge in [0.05, 0.1) is 27.3 Å². The zero-order valence-electron chi connectivity index (χ0n) is 11.0. The topological polar surface area (TPSA) is 90.6 Å². The van der Waals surface area contributed by atoms with Gasteiger partial charge in [0.25, 0.3) is 5.92 Å². The number of benzene rings is 1. The standard InChI is InChI=1S/C11H16F2N2O4S/c1-18-8-3-4-9(19-2)10(5-8)20(16,17)15-7-11(12,13)6-14/h3-5,15H,6-7,14H2,1-2H3. The monoisotopic (exact) mass is 310 g/mol. The molecule has 0 aliphatic carbocycles. The van der Waals surface area contributed by atoms with Crippen molar-refractivity contribution >= 4 is 10.0 Å². The lowest BCUT2D eigenvalue weighted by atomic mass is 10.3. The number of sulfonamides is 1. The molecule has 0 heterocycles. The zero-order valence-corrected chi connectivity index (χ0v) is 11.8. The van der Waals surface area contributed by atoms with E-state index in [-0.39, 0.29) is 16.4 Å². The van der Waals surface area contributed by atoms with Gasteiger partial charge in [-0.25, -0.2) is 21.9 Å². The highest BCUT2D eigenvalue weighted by Gasteiger charge is 2.30. The molecule has 114 valence electrons. The summed E-state index contributed by atoms with van der Waals surface area (Å²) in [4.78, 5) is -0.285. The Morgan fingerprint density at radius 2 is 1.95 bits per heavy atom. The summed E-state index contributed by atoms with van der Waals surface area (Å²) in [7, 11) is -1.54. The number of halogens is 2. The maximum Gasteiger partial charge on any atom is 0.273 e. The molecular formula is C11H16F2N2O4S. The number of nitrogens with one attached hydrogen (secondary N) is 1. The van der Waals surface area contributed by atoms with Gasteiger partial charge in [0.15, 0.2) is 0 Å². The second kappa shape index (κ2) is 6.33. The van der Waals surface area contributed by atoms with Crippen LogP contribution >= 0.6 is 0 Å². The van der Waals surface area contributed by atoms with E-state index in [9.17, 15) is 17.2 Å². The number of ether oxygens (including phenoxy) is 2. The van der Waals surface area contributed by atoms with Crippen molar-refractivity contribution in [1.82, 2.24) is 4.72 Å². The highest BCUT2D eigenvalue weighted by molar-refractivity contribution is 7.89. The Morgan fingerprint density at radius 1 is 1.30 bits per heavy atom. The van der Waals surface area contributed by atoms with E-state index in [1.165, 1.54) is 32.4 Å². The van der Waals surface area contributed by atoms with E-state index in [2.05, 4.69) is 0 Å². The molecule has 0 aliphatic rings. The van der Waals surface area contributed by atoms with Crippen LogP contribution < -0.4 is 19.9 Å². The van der Waals surface area contributed by atoms with Crippen molar-refractivity contribution in [2.45, 2.75) is 10.8 Å². The van der Waals surface area contributed by atoms with Gasteiger partial charge in [0.1, 0.15) is 16.4 Å². The first kappa shape index (κ1) is 16.6.